The van der Waals surface area contributed by atoms with Crippen molar-refractivity contribution in [2.24, 2.45) is 0 Å². The third-order valence-corrected chi connectivity index (χ3v) is 5.63. The van der Waals surface area contributed by atoms with E-state index in [9.17, 15) is 33.0 Å². The lowest BCUT2D eigenvalue weighted by atomic mass is 10.1. The number of rotatable bonds is 9. The molecule has 0 radical (unpaired) electrons. The van der Waals surface area contributed by atoms with Crippen LogP contribution in [0.4, 0.5) is 0 Å². The molecule has 2 aromatic rings. The Hall–Kier alpha value is -3.44. The van der Waals surface area contributed by atoms with Crippen LogP contribution in [0.15, 0.2) is 41.3 Å². The standard InChI is InChI=1S/C19H20N2O8S/c1-2-13(10-22)21-18(25)11-3-4-12(17(24)7-11)9-20-30(28,29)14-5-6-16(23)15(8-14)19(26)27/h3-8,10,13,20,23-24H,2,9H2,1H3,(H,21,25)(H,26,27)/t13-/m0/s1. The Bertz CT molecular complexity index is 1080. The van der Waals surface area contributed by atoms with E-state index in [4.69, 9.17) is 5.11 Å². The van der Waals surface area contributed by atoms with Gasteiger partial charge in [0.15, 0.2) is 0 Å². The van der Waals surface area contributed by atoms with Crippen LogP contribution in [0.5, 0.6) is 11.5 Å². The second-order valence-corrected chi connectivity index (χ2v) is 8.04. The Labute approximate surface area is 172 Å². The van der Waals surface area contributed by atoms with Crippen LogP contribution in [-0.2, 0) is 21.4 Å². The molecule has 11 heteroatoms. The average molecular weight is 436 g/mol. The van der Waals surface area contributed by atoms with E-state index in [2.05, 4.69) is 10.0 Å². The summed E-state index contributed by atoms with van der Waals surface area (Å²) in [4.78, 5) is 33.6. The minimum atomic E-state index is -4.15. The summed E-state index contributed by atoms with van der Waals surface area (Å²) in [5, 5.41) is 31.1. The van der Waals surface area contributed by atoms with Gasteiger partial charge in [-0.2, -0.15) is 0 Å². The van der Waals surface area contributed by atoms with E-state index in [0.717, 1.165) is 24.3 Å². The van der Waals surface area contributed by atoms with Gasteiger partial charge in [0.2, 0.25) is 10.0 Å². The topological polar surface area (TPSA) is 170 Å². The third kappa shape index (κ3) is 5.33. The number of aromatic carboxylic acids is 1. The second-order valence-electron chi connectivity index (χ2n) is 6.28. The van der Waals surface area contributed by atoms with Gasteiger partial charge in [0.05, 0.1) is 10.9 Å². The molecular formula is C19H20N2O8S. The molecule has 2 rings (SSSR count). The molecular weight excluding hydrogens is 416 g/mol. The van der Waals surface area contributed by atoms with Crippen LogP contribution in [0.3, 0.4) is 0 Å². The molecule has 160 valence electrons. The molecule has 0 fully saturated rings. The van der Waals surface area contributed by atoms with Gasteiger partial charge in [0.25, 0.3) is 5.91 Å². The first-order valence-corrected chi connectivity index (χ1v) is 10.2. The first kappa shape index (κ1) is 22.8. The summed E-state index contributed by atoms with van der Waals surface area (Å²) >= 11 is 0. The minimum Gasteiger partial charge on any atom is -0.508 e. The fourth-order valence-electron chi connectivity index (χ4n) is 2.45. The molecule has 2 aromatic carbocycles. The number of phenols is 2. The first-order valence-electron chi connectivity index (χ1n) is 8.73. The monoisotopic (exact) mass is 436 g/mol. The van der Waals surface area contributed by atoms with Crippen molar-refractivity contribution in [3.05, 3.63) is 53.1 Å². The number of benzene rings is 2. The van der Waals surface area contributed by atoms with Gasteiger partial charge < -0.3 is 25.4 Å². The lowest BCUT2D eigenvalue weighted by Gasteiger charge is -2.12. The summed E-state index contributed by atoms with van der Waals surface area (Å²) < 4.78 is 27.0. The number of amides is 1. The Balaban J connectivity index is 2.15. The van der Waals surface area contributed by atoms with Crippen LogP contribution in [0.1, 0.15) is 39.6 Å². The number of aldehydes is 1. The van der Waals surface area contributed by atoms with Crippen LogP contribution in [0.25, 0.3) is 0 Å². The van der Waals surface area contributed by atoms with E-state index < -0.39 is 39.3 Å². The zero-order valence-corrected chi connectivity index (χ0v) is 16.6. The van der Waals surface area contributed by atoms with Crippen molar-refractivity contribution in [1.82, 2.24) is 10.0 Å². The molecule has 0 aliphatic heterocycles. The molecule has 0 unspecified atom stereocenters. The molecule has 0 aromatic heterocycles. The van der Waals surface area contributed by atoms with Gasteiger partial charge in [0.1, 0.15) is 23.3 Å². The van der Waals surface area contributed by atoms with E-state index >= 15 is 0 Å². The summed E-state index contributed by atoms with van der Waals surface area (Å²) in [6, 6.07) is 5.98. The molecule has 0 spiro atoms. The molecule has 0 aliphatic carbocycles. The molecule has 1 amide bonds. The number of carbonyl (C=O) groups is 3. The molecule has 30 heavy (non-hydrogen) atoms. The van der Waals surface area contributed by atoms with Gasteiger partial charge in [-0.05, 0) is 36.8 Å². The zero-order chi connectivity index (χ0) is 22.5. The number of hydrogen-bond acceptors (Lipinski definition) is 7. The number of carboxylic acids is 1. The highest BCUT2D eigenvalue weighted by molar-refractivity contribution is 7.89. The van der Waals surface area contributed by atoms with Crippen LogP contribution >= 0.6 is 0 Å². The summed E-state index contributed by atoms with van der Waals surface area (Å²) in [7, 11) is -4.15. The molecule has 10 nitrogen and oxygen atoms in total. The molecule has 0 bridgehead atoms. The lowest BCUT2D eigenvalue weighted by Crippen LogP contribution is -2.35. The number of carboxylic acid groups (broad SMARTS) is 1. The SMILES string of the molecule is CC[C@@H](C=O)NC(=O)c1ccc(CNS(=O)(=O)c2ccc(O)c(C(=O)O)c2)c(O)c1. The highest BCUT2D eigenvalue weighted by Crippen LogP contribution is 2.23. The maximum absolute atomic E-state index is 12.4. The van der Waals surface area contributed by atoms with Gasteiger partial charge in [-0.3, -0.25) is 4.79 Å². The summed E-state index contributed by atoms with van der Waals surface area (Å²) in [5.41, 5.74) is -0.323. The minimum absolute atomic E-state index is 0.0871. The maximum atomic E-state index is 12.4. The van der Waals surface area contributed by atoms with E-state index in [1.54, 1.807) is 6.92 Å². The predicted octanol–water partition coefficient (Wildman–Crippen LogP) is 0.982. The van der Waals surface area contributed by atoms with Gasteiger partial charge in [-0.15, -0.1) is 0 Å². The summed E-state index contributed by atoms with van der Waals surface area (Å²) in [6.07, 6.45) is 1.00. The third-order valence-electron chi connectivity index (χ3n) is 4.23. The highest BCUT2D eigenvalue weighted by atomic mass is 32.2. The van der Waals surface area contributed by atoms with Crippen molar-refractivity contribution < 1.29 is 38.1 Å². The van der Waals surface area contributed by atoms with Gasteiger partial charge >= 0.3 is 5.97 Å². The molecule has 0 saturated carbocycles. The van der Waals surface area contributed by atoms with Crippen molar-refractivity contribution in [1.29, 1.82) is 0 Å². The number of sulfonamides is 1. The summed E-state index contributed by atoms with van der Waals surface area (Å²) in [6.45, 7) is 1.38. The van der Waals surface area contributed by atoms with Crippen LogP contribution < -0.4 is 10.0 Å². The van der Waals surface area contributed by atoms with Crippen LogP contribution in [-0.4, -0.2) is 47.9 Å². The molecule has 0 aliphatic rings. The Morgan fingerprint density at radius 1 is 1.10 bits per heavy atom. The zero-order valence-electron chi connectivity index (χ0n) is 15.8. The first-order chi connectivity index (χ1) is 14.1. The predicted molar refractivity (Wildman–Crippen MR) is 105 cm³/mol. The second kappa shape index (κ2) is 9.37. The fraction of sp³-hybridized carbons (Fsp3) is 0.211. The largest absolute Gasteiger partial charge is 0.508 e. The normalized spacial score (nSPS) is 12.2. The fourth-order valence-corrected chi connectivity index (χ4v) is 3.48. The Morgan fingerprint density at radius 2 is 1.80 bits per heavy atom. The molecule has 0 heterocycles. The number of aromatic hydroxyl groups is 2. The summed E-state index contributed by atoms with van der Waals surface area (Å²) in [5.74, 6) is -2.98. The van der Waals surface area contributed by atoms with Crippen molar-refractivity contribution in [3.63, 3.8) is 0 Å². The lowest BCUT2D eigenvalue weighted by molar-refractivity contribution is -0.109. The van der Waals surface area contributed by atoms with Crippen molar-refractivity contribution in [2.45, 2.75) is 30.8 Å². The van der Waals surface area contributed by atoms with E-state index in [1.807, 2.05) is 0 Å². The molecule has 0 saturated heterocycles. The van der Waals surface area contributed by atoms with Gasteiger partial charge in [-0.25, -0.2) is 17.9 Å². The van der Waals surface area contributed by atoms with Gasteiger partial charge in [0, 0.05) is 17.7 Å². The van der Waals surface area contributed by atoms with Crippen molar-refractivity contribution in [3.8, 4) is 11.5 Å². The van der Waals surface area contributed by atoms with Crippen molar-refractivity contribution in [2.75, 3.05) is 0 Å². The number of hydrogen-bond donors (Lipinski definition) is 5. The smallest absolute Gasteiger partial charge is 0.339 e. The molecule has 1 atom stereocenters. The van der Waals surface area contributed by atoms with Crippen LogP contribution in [0.2, 0.25) is 0 Å². The van der Waals surface area contributed by atoms with Crippen LogP contribution in [0, 0.1) is 0 Å². The number of phenolic OH excluding ortho intramolecular Hbond substituents is 1. The van der Waals surface area contributed by atoms with E-state index in [1.165, 1.54) is 12.1 Å². The quantitative estimate of drug-likeness (QED) is 0.362. The average Bonchev–Trinajstić information content (AvgIpc) is 2.70. The number of nitrogens with one attached hydrogen (secondary N) is 2. The van der Waals surface area contributed by atoms with Gasteiger partial charge in [-0.1, -0.05) is 13.0 Å². The number of carbonyl (C=O) groups excluding carboxylic acids is 2. The van der Waals surface area contributed by atoms with Crippen molar-refractivity contribution >= 4 is 28.2 Å². The Morgan fingerprint density at radius 3 is 2.37 bits per heavy atom. The Kier molecular flexibility index (Phi) is 7.14. The van der Waals surface area contributed by atoms with E-state index in [0.29, 0.717) is 12.7 Å². The van der Waals surface area contributed by atoms with E-state index in [-0.39, 0.29) is 28.3 Å². The highest BCUT2D eigenvalue weighted by Gasteiger charge is 2.20. The maximum Gasteiger partial charge on any atom is 0.339 e. The molecule has 5 N–H and O–H groups in total.